The van der Waals surface area contributed by atoms with Crippen molar-refractivity contribution in [1.29, 1.82) is 0 Å². The minimum Gasteiger partial charge on any atom is -0.316 e. The van der Waals surface area contributed by atoms with Gasteiger partial charge in [-0.15, -0.1) is 0 Å². The predicted octanol–water partition coefficient (Wildman–Crippen LogP) is 1.28. The zero-order chi connectivity index (χ0) is 9.84. The van der Waals surface area contributed by atoms with Gasteiger partial charge < -0.3 is 5.32 Å². The van der Waals surface area contributed by atoms with Gasteiger partial charge in [-0.25, -0.2) is 0 Å². The van der Waals surface area contributed by atoms with Gasteiger partial charge in [0.15, 0.2) is 0 Å². The number of hydrogen-bond donors (Lipinski definition) is 1. The van der Waals surface area contributed by atoms with E-state index < -0.39 is 0 Å². The first-order valence-corrected chi connectivity index (χ1v) is 4.46. The largest absolute Gasteiger partial charge is 0.316 e. The summed E-state index contributed by atoms with van der Waals surface area (Å²) >= 11 is 0. The summed E-state index contributed by atoms with van der Waals surface area (Å²) < 4.78 is 1.98. The maximum atomic E-state index is 4.36. The van der Waals surface area contributed by atoms with Crippen molar-refractivity contribution in [1.82, 2.24) is 15.1 Å². The van der Waals surface area contributed by atoms with E-state index in [0.29, 0.717) is 0 Å². The summed E-state index contributed by atoms with van der Waals surface area (Å²) in [5.41, 5.74) is 3.40. The first-order valence-electron chi connectivity index (χ1n) is 4.46. The molecule has 0 unspecified atom stereocenters. The van der Waals surface area contributed by atoms with Gasteiger partial charge in [0.25, 0.3) is 0 Å². The van der Waals surface area contributed by atoms with Crippen LogP contribution in [0.5, 0.6) is 0 Å². The van der Waals surface area contributed by atoms with E-state index in [0.717, 1.165) is 24.4 Å². The molecule has 0 aliphatic carbocycles. The first kappa shape index (κ1) is 9.99. The van der Waals surface area contributed by atoms with Crippen LogP contribution in [0, 0.1) is 13.8 Å². The van der Waals surface area contributed by atoms with Crippen molar-refractivity contribution in [3.05, 3.63) is 29.6 Å². The lowest BCUT2D eigenvalue weighted by atomic mass is 10.3. The van der Waals surface area contributed by atoms with Crippen LogP contribution < -0.4 is 5.32 Å². The highest BCUT2D eigenvalue weighted by atomic mass is 15.3. The molecular weight excluding hydrogens is 162 g/mol. The van der Waals surface area contributed by atoms with Crippen molar-refractivity contribution in [2.75, 3.05) is 13.6 Å². The molecule has 1 rings (SSSR count). The summed E-state index contributed by atoms with van der Waals surface area (Å²) in [5, 5.41) is 7.43. The number of nitrogens with one attached hydrogen (secondary N) is 1. The topological polar surface area (TPSA) is 29.9 Å². The van der Waals surface area contributed by atoms with Gasteiger partial charge in [0.1, 0.15) is 0 Å². The Bertz CT molecular complexity index is 299. The van der Waals surface area contributed by atoms with Crippen molar-refractivity contribution in [3.8, 4) is 0 Å². The molecule has 1 aromatic heterocycles. The van der Waals surface area contributed by atoms with Gasteiger partial charge in [0.05, 0.1) is 12.2 Å². The summed E-state index contributed by atoms with van der Waals surface area (Å²) in [6.07, 6.45) is 0. The maximum Gasteiger partial charge on any atom is 0.0632 e. The van der Waals surface area contributed by atoms with E-state index in [1.807, 2.05) is 18.7 Å². The van der Waals surface area contributed by atoms with Gasteiger partial charge in [-0.3, -0.25) is 4.68 Å². The molecule has 0 radical (unpaired) electrons. The molecule has 3 heteroatoms. The van der Waals surface area contributed by atoms with Gasteiger partial charge >= 0.3 is 0 Å². The van der Waals surface area contributed by atoms with Crippen LogP contribution in [-0.2, 0) is 6.54 Å². The average Bonchev–Trinajstić information content (AvgIpc) is 2.30. The Kier molecular flexibility index (Phi) is 3.25. The van der Waals surface area contributed by atoms with Crippen LogP contribution in [0.4, 0.5) is 0 Å². The smallest absolute Gasteiger partial charge is 0.0632 e. The third-order valence-electron chi connectivity index (χ3n) is 1.90. The van der Waals surface area contributed by atoms with Gasteiger partial charge in [-0.1, -0.05) is 6.58 Å². The van der Waals surface area contributed by atoms with Crippen LogP contribution in [0.2, 0.25) is 0 Å². The fraction of sp³-hybridized carbons (Fsp3) is 0.500. The molecule has 1 aromatic rings. The van der Waals surface area contributed by atoms with Crippen molar-refractivity contribution in [3.63, 3.8) is 0 Å². The number of nitrogens with zero attached hydrogens (tertiary/aromatic N) is 2. The molecule has 0 aliphatic rings. The first-order chi connectivity index (χ1) is 6.13. The molecule has 0 fully saturated rings. The molecule has 0 saturated carbocycles. The number of rotatable bonds is 4. The Balaban J connectivity index is 2.63. The molecule has 1 heterocycles. The minimum absolute atomic E-state index is 0.806. The lowest BCUT2D eigenvalue weighted by Crippen LogP contribution is -2.15. The molecule has 0 spiro atoms. The van der Waals surface area contributed by atoms with Gasteiger partial charge in [-0.2, -0.15) is 5.10 Å². The van der Waals surface area contributed by atoms with E-state index in [-0.39, 0.29) is 0 Å². The number of hydrogen-bond acceptors (Lipinski definition) is 2. The summed E-state index contributed by atoms with van der Waals surface area (Å²) in [6, 6.07) is 2.08. The van der Waals surface area contributed by atoms with Crippen LogP contribution >= 0.6 is 0 Å². The summed E-state index contributed by atoms with van der Waals surface area (Å²) in [5.74, 6) is 0. The number of likely N-dealkylation sites (N-methyl/N-ethyl adjacent to an activating group) is 1. The average molecular weight is 179 g/mol. The second-order valence-electron chi connectivity index (χ2n) is 3.37. The molecule has 0 atom stereocenters. The molecule has 3 nitrogen and oxygen atoms in total. The van der Waals surface area contributed by atoms with E-state index >= 15 is 0 Å². The van der Waals surface area contributed by atoms with E-state index in [1.54, 1.807) is 0 Å². The van der Waals surface area contributed by atoms with Crippen molar-refractivity contribution in [2.45, 2.75) is 20.4 Å². The molecule has 13 heavy (non-hydrogen) atoms. The van der Waals surface area contributed by atoms with E-state index in [4.69, 9.17) is 0 Å². The zero-order valence-corrected chi connectivity index (χ0v) is 8.59. The Morgan fingerprint density at radius 3 is 2.77 bits per heavy atom. The van der Waals surface area contributed by atoms with Gasteiger partial charge in [-0.05, 0) is 32.5 Å². The molecule has 0 aromatic carbocycles. The highest BCUT2D eigenvalue weighted by Gasteiger charge is 2.01. The molecular formula is C10H17N3. The molecule has 0 aliphatic heterocycles. The Labute approximate surface area is 79.5 Å². The number of aryl methyl sites for hydroxylation is 2. The molecule has 1 N–H and O–H groups in total. The lowest BCUT2D eigenvalue weighted by molar-refractivity contribution is 0.634. The Morgan fingerprint density at radius 1 is 1.62 bits per heavy atom. The number of aromatic nitrogens is 2. The highest BCUT2D eigenvalue weighted by Crippen LogP contribution is 2.04. The van der Waals surface area contributed by atoms with E-state index in [1.165, 1.54) is 5.69 Å². The summed E-state index contributed by atoms with van der Waals surface area (Å²) in [6.45, 7) is 9.68. The third kappa shape index (κ3) is 2.70. The second kappa shape index (κ2) is 4.23. The van der Waals surface area contributed by atoms with Crippen LogP contribution in [0.3, 0.4) is 0 Å². The third-order valence-corrected chi connectivity index (χ3v) is 1.90. The van der Waals surface area contributed by atoms with Crippen LogP contribution in [-0.4, -0.2) is 23.4 Å². The van der Waals surface area contributed by atoms with Gasteiger partial charge in [0.2, 0.25) is 0 Å². The van der Waals surface area contributed by atoms with Crippen LogP contribution in [0.1, 0.15) is 11.4 Å². The van der Waals surface area contributed by atoms with E-state index in [9.17, 15) is 0 Å². The van der Waals surface area contributed by atoms with Gasteiger partial charge in [0, 0.05) is 12.2 Å². The van der Waals surface area contributed by atoms with Crippen LogP contribution in [0.15, 0.2) is 18.2 Å². The second-order valence-corrected chi connectivity index (χ2v) is 3.37. The summed E-state index contributed by atoms with van der Waals surface area (Å²) in [7, 11) is 1.92. The van der Waals surface area contributed by atoms with Crippen LogP contribution in [0.25, 0.3) is 0 Å². The monoisotopic (exact) mass is 179 g/mol. The minimum atomic E-state index is 0.806. The Hall–Kier alpha value is -1.09. The SMILES string of the molecule is C=C(CNC)Cn1nc(C)cc1C. The van der Waals surface area contributed by atoms with Crippen molar-refractivity contribution >= 4 is 0 Å². The fourth-order valence-electron chi connectivity index (χ4n) is 1.35. The lowest BCUT2D eigenvalue weighted by Gasteiger charge is -2.06. The quantitative estimate of drug-likeness (QED) is 0.705. The summed E-state index contributed by atoms with van der Waals surface area (Å²) in [4.78, 5) is 0. The van der Waals surface area contributed by atoms with E-state index in [2.05, 4.69) is 30.0 Å². The maximum absolute atomic E-state index is 4.36. The Morgan fingerprint density at radius 2 is 2.31 bits per heavy atom. The highest BCUT2D eigenvalue weighted by molar-refractivity contribution is 5.09. The molecule has 0 amide bonds. The standard InChI is InChI=1S/C10H17N3/c1-8(6-11-4)7-13-10(3)5-9(2)12-13/h5,11H,1,6-7H2,2-4H3. The normalized spacial score (nSPS) is 10.4. The van der Waals surface area contributed by atoms with Crippen molar-refractivity contribution in [2.24, 2.45) is 0 Å². The molecule has 0 bridgehead atoms. The molecule has 0 saturated heterocycles. The fourth-order valence-corrected chi connectivity index (χ4v) is 1.35. The molecule has 72 valence electrons. The van der Waals surface area contributed by atoms with Crippen molar-refractivity contribution < 1.29 is 0 Å². The zero-order valence-electron chi connectivity index (χ0n) is 8.59. The predicted molar refractivity (Wildman–Crippen MR) is 54.8 cm³/mol.